The van der Waals surface area contributed by atoms with Gasteiger partial charge in [0.1, 0.15) is 5.75 Å². The van der Waals surface area contributed by atoms with Gasteiger partial charge >= 0.3 is 0 Å². The largest absolute Gasteiger partial charge is 0.497 e. The van der Waals surface area contributed by atoms with Crippen LogP contribution in [0.15, 0.2) is 29.3 Å². The van der Waals surface area contributed by atoms with Crippen LogP contribution >= 0.6 is 24.0 Å². The monoisotopic (exact) mass is 462 g/mol. The highest BCUT2D eigenvalue weighted by Gasteiger charge is 2.05. The fraction of sp³-hybridized carbons (Fsp3) is 0.556. The summed E-state index contributed by atoms with van der Waals surface area (Å²) in [5, 5.41) is 9.33. The first kappa shape index (κ1) is 23.5. The van der Waals surface area contributed by atoms with Crippen molar-refractivity contribution in [3.63, 3.8) is 0 Å². The molecule has 0 atom stereocenters. The van der Waals surface area contributed by atoms with Gasteiger partial charge in [-0.1, -0.05) is 13.8 Å². The maximum Gasteiger partial charge on any atom is 0.251 e. The standard InChI is InChI=1S/C18H30N4O2.HI/c1-14(2)6-5-11-21-18(19-3)22-13-12-20-17(23)15-7-9-16(24-4)10-8-15;/h7-10,14H,5-6,11-13H2,1-4H3,(H,20,23)(H2,19,21,22);1H. The molecular weight excluding hydrogens is 431 g/mol. The third kappa shape index (κ3) is 10.2. The van der Waals surface area contributed by atoms with Crippen molar-refractivity contribution in [2.24, 2.45) is 10.9 Å². The molecule has 0 saturated carbocycles. The van der Waals surface area contributed by atoms with Crippen molar-refractivity contribution in [1.82, 2.24) is 16.0 Å². The van der Waals surface area contributed by atoms with E-state index in [0.29, 0.717) is 18.7 Å². The Balaban J connectivity index is 0.00000576. The molecular formula is C18H31IN4O2. The number of hydrogen-bond donors (Lipinski definition) is 3. The molecule has 0 aromatic heterocycles. The number of aliphatic imine (C=N–C) groups is 1. The Hall–Kier alpha value is -1.51. The number of carbonyl (C=O) groups is 1. The van der Waals surface area contributed by atoms with Crippen LogP contribution in [0.1, 0.15) is 37.0 Å². The van der Waals surface area contributed by atoms with E-state index in [1.807, 2.05) is 0 Å². The molecule has 1 amide bonds. The number of benzene rings is 1. The van der Waals surface area contributed by atoms with Crippen LogP contribution in [0.5, 0.6) is 5.75 Å². The Labute approximate surface area is 168 Å². The van der Waals surface area contributed by atoms with Gasteiger partial charge in [-0.15, -0.1) is 24.0 Å². The highest BCUT2D eigenvalue weighted by Crippen LogP contribution is 2.10. The molecule has 142 valence electrons. The number of nitrogens with zero attached hydrogens (tertiary/aromatic N) is 1. The van der Waals surface area contributed by atoms with Crippen LogP contribution in [0.3, 0.4) is 0 Å². The summed E-state index contributed by atoms with van der Waals surface area (Å²) in [5.74, 6) is 2.12. The topological polar surface area (TPSA) is 74.8 Å². The van der Waals surface area contributed by atoms with Gasteiger partial charge in [-0.05, 0) is 43.0 Å². The molecule has 1 aromatic rings. The Bertz CT molecular complexity index is 518. The van der Waals surface area contributed by atoms with Gasteiger partial charge in [0, 0.05) is 32.2 Å². The number of rotatable bonds is 9. The molecule has 0 aliphatic carbocycles. The number of nitrogens with one attached hydrogen (secondary N) is 3. The van der Waals surface area contributed by atoms with Crippen molar-refractivity contribution in [3.8, 4) is 5.75 Å². The van der Waals surface area contributed by atoms with Crippen molar-refractivity contribution in [3.05, 3.63) is 29.8 Å². The normalized spacial score (nSPS) is 10.8. The number of amides is 1. The minimum Gasteiger partial charge on any atom is -0.497 e. The lowest BCUT2D eigenvalue weighted by atomic mass is 10.1. The first-order chi connectivity index (χ1) is 11.6. The molecule has 0 bridgehead atoms. The van der Waals surface area contributed by atoms with Crippen LogP contribution in [0.25, 0.3) is 0 Å². The second-order valence-electron chi connectivity index (χ2n) is 5.95. The molecule has 0 heterocycles. The molecule has 3 N–H and O–H groups in total. The third-order valence-corrected chi connectivity index (χ3v) is 3.53. The van der Waals surface area contributed by atoms with E-state index in [9.17, 15) is 4.79 Å². The molecule has 0 spiro atoms. The molecule has 25 heavy (non-hydrogen) atoms. The molecule has 1 rings (SSSR count). The quantitative estimate of drug-likeness (QED) is 0.228. The van der Waals surface area contributed by atoms with Crippen LogP contribution in [-0.2, 0) is 0 Å². The van der Waals surface area contributed by atoms with Gasteiger partial charge in [-0.25, -0.2) is 0 Å². The summed E-state index contributed by atoms with van der Waals surface area (Å²) in [6.07, 6.45) is 2.31. The molecule has 7 heteroatoms. The average Bonchev–Trinajstić information content (AvgIpc) is 2.60. The predicted molar refractivity (Wildman–Crippen MR) is 114 cm³/mol. The minimum atomic E-state index is -0.0978. The summed E-state index contributed by atoms with van der Waals surface area (Å²) in [6.45, 7) is 6.48. The van der Waals surface area contributed by atoms with Crippen molar-refractivity contribution in [2.45, 2.75) is 26.7 Å². The minimum absolute atomic E-state index is 0. The van der Waals surface area contributed by atoms with E-state index in [1.165, 1.54) is 6.42 Å². The smallest absolute Gasteiger partial charge is 0.251 e. The SMILES string of the molecule is CN=C(NCCCC(C)C)NCCNC(=O)c1ccc(OC)cc1.I. The molecule has 0 fully saturated rings. The number of halogens is 1. The Kier molecular flexibility index (Phi) is 12.9. The van der Waals surface area contributed by atoms with Gasteiger partial charge in [0.05, 0.1) is 7.11 Å². The second-order valence-corrected chi connectivity index (χ2v) is 5.95. The lowest BCUT2D eigenvalue weighted by Crippen LogP contribution is -2.41. The summed E-state index contributed by atoms with van der Waals surface area (Å²) in [7, 11) is 3.35. The number of carbonyl (C=O) groups excluding carboxylic acids is 1. The fourth-order valence-corrected chi connectivity index (χ4v) is 2.14. The van der Waals surface area contributed by atoms with Gasteiger partial charge < -0.3 is 20.7 Å². The Morgan fingerprint density at radius 3 is 2.24 bits per heavy atom. The first-order valence-corrected chi connectivity index (χ1v) is 8.43. The van der Waals surface area contributed by atoms with Gasteiger partial charge in [0.25, 0.3) is 5.91 Å². The maximum atomic E-state index is 12.0. The summed E-state index contributed by atoms with van der Waals surface area (Å²) in [5.41, 5.74) is 0.618. The van der Waals surface area contributed by atoms with Gasteiger partial charge in [0.2, 0.25) is 0 Å². The van der Waals surface area contributed by atoms with Crippen molar-refractivity contribution < 1.29 is 9.53 Å². The number of ether oxygens (including phenoxy) is 1. The highest BCUT2D eigenvalue weighted by molar-refractivity contribution is 14.0. The molecule has 0 radical (unpaired) electrons. The highest BCUT2D eigenvalue weighted by atomic mass is 127. The van der Waals surface area contributed by atoms with E-state index >= 15 is 0 Å². The zero-order chi connectivity index (χ0) is 17.8. The molecule has 0 aliphatic heterocycles. The Morgan fingerprint density at radius 1 is 1.08 bits per heavy atom. The number of methoxy groups -OCH3 is 1. The molecule has 0 unspecified atom stereocenters. The summed E-state index contributed by atoms with van der Waals surface area (Å²) >= 11 is 0. The van der Waals surface area contributed by atoms with E-state index in [2.05, 4.69) is 34.8 Å². The molecule has 0 saturated heterocycles. The fourth-order valence-electron chi connectivity index (χ4n) is 2.14. The summed E-state index contributed by atoms with van der Waals surface area (Å²) in [4.78, 5) is 16.2. The van der Waals surface area contributed by atoms with Crippen LogP contribution in [0.2, 0.25) is 0 Å². The van der Waals surface area contributed by atoms with Crippen LogP contribution in [0.4, 0.5) is 0 Å². The van der Waals surface area contributed by atoms with E-state index in [0.717, 1.165) is 30.6 Å². The second kappa shape index (κ2) is 13.7. The zero-order valence-corrected chi connectivity index (χ0v) is 17.9. The molecule has 6 nitrogen and oxygen atoms in total. The summed E-state index contributed by atoms with van der Waals surface area (Å²) in [6, 6.07) is 7.04. The van der Waals surface area contributed by atoms with Gasteiger partial charge in [-0.2, -0.15) is 0 Å². The molecule has 0 aliphatic rings. The van der Waals surface area contributed by atoms with Crippen molar-refractivity contribution in [1.29, 1.82) is 0 Å². The zero-order valence-electron chi connectivity index (χ0n) is 15.6. The third-order valence-electron chi connectivity index (χ3n) is 3.53. The lowest BCUT2D eigenvalue weighted by molar-refractivity contribution is 0.0954. The summed E-state index contributed by atoms with van der Waals surface area (Å²) < 4.78 is 5.08. The van der Waals surface area contributed by atoms with E-state index < -0.39 is 0 Å². The van der Waals surface area contributed by atoms with E-state index in [-0.39, 0.29) is 29.9 Å². The van der Waals surface area contributed by atoms with Crippen LogP contribution in [-0.4, -0.2) is 45.7 Å². The van der Waals surface area contributed by atoms with Crippen LogP contribution < -0.4 is 20.7 Å². The predicted octanol–water partition coefficient (Wildman–Crippen LogP) is 2.64. The van der Waals surface area contributed by atoms with E-state index in [1.54, 1.807) is 38.4 Å². The molecule has 1 aromatic carbocycles. The number of guanidine groups is 1. The van der Waals surface area contributed by atoms with Crippen LogP contribution in [0, 0.1) is 5.92 Å². The van der Waals surface area contributed by atoms with Gasteiger partial charge in [0.15, 0.2) is 5.96 Å². The van der Waals surface area contributed by atoms with Crippen molar-refractivity contribution >= 4 is 35.8 Å². The first-order valence-electron chi connectivity index (χ1n) is 8.43. The van der Waals surface area contributed by atoms with Crippen molar-refractivity contribution in [2.75, 3.05) is 33.8 Å². The average molecular weight is 462 g/mol. The number of hydrogen-bond acceptors (Lipinski definition) is 3. The van der Waals surface area contributed by atoms with E-state index in [4.69, 9.17) is 4.74 Å². The maximum absolute atomic E-state index is 12.0. The lowest BCUT2D eigenvalue weighted by Gasteiger charge is -2.13. The Morgan fingerprint density at radius 2 is 1.68 bits per heavy atom. The van der Waals surface area contributed by atoms with Gasteiger partial charge in [-0.3, -0.25) is 9.79 Å².